The summed E-state index contributed by atoms with van der Waals surface area (Å²) in [6, 6.07) is 14.1. The van der Waals surface area contributed by atoms with Crippen LogP contribution in [0.3, 0.4) is 0 Å². The number of aromatic nitrogens is 1. The molecule has 3 fully saturated rings. The van der Waals surface area contributed by atoms with Gasteiger partial charge in [0.15, 0.2) is 0 Å². The molecule has 1 aromatic heterocycles. The molecule has 0 aliphatic carbocycles. The van der Waals surface area contributed by atoms with Crippen molar-refractivity contribution in [2.75, 3.05) is 26.7 Å². The maximum Gasteiger partial charge on any atom is 0.241 e. The van der Waals surface area contributed by atoms with Gasteiger partial charge in [-0.15, -0.1) is 6.58 Å². The minimum atomic E-state index is -3.79. The zero-order valence-electron chi connectivity index (χ0n) is 20.6. The second-order valence-electron chi connectivity index (χ2n) is 9.86. The summed E-state index contributed by atoms with van der Waals surface area (Å²) in [4.78, 5) is 7.25. The molecule has 1 N–H and O–H groups in total. The van der Waals surface area contributed by atoms with Crippen LogP contribution in [0.1, 0.15) is 30.0 Å². The van der Waals surface area contributed by atoms with E-state index in [-0.39, 0.29) is 10.8 Å². The second-order valence-corrected chi connectivity index (χ2v) is 11.6. The summed E-state index contributed by atoms with van der Waals surface area (Å²) in [5.74, 6) is 1.74. The number of methoxy groups -OCH3 is 1. The van der Waals surface area contributed by atoms with Crippen LogP contribution in [0, 0.1) is 17.8 Å². The predicted molar refractivity (Wildman–Crippen MR) is 144 cm³/mol. The fourth-order valence-corrected chi connectivity index (χ4v) is 7.12. The molecule has 3 aliphatic heterocycles. The zero-order chi connectivity index (χ0) is 25.3. The third-order valence-electron chi connectivity index (χ3n) is 7.79. The van der Waals surface area contributed by atoms with E-state index in [0.29, 0.717) is 11.8 Å². The maximum absolute atomic E-state index is 13.7. The SMILES string of the molecule is C=Cc1ccc(S(=O)(=O)N[C@@H](c2ccnc3ccc(OC)cc23)[C@@H]2CC3CCN(CC3C=C)C2)cc1. The average Bonchev–Trinajstić information content (AvgIpc) is 3.23. The van der Waals surface area contributed by atoms with Crippen LogP contribution in [0.15, 0.2) is 78.9 Å². The molecule has 7 heteroatoms. The van der Waals surface area contributed by atoms with Crippen LogP contribution >= 0.6 is 0 Å². The lowest BCUT2D eigenvalue weighted by Gasteiger charge is -2.32. The van der Waals surface area contributed by atoms with Crippen molar-refractivity contribution >= 4 is 27.0 Å². The molecular formula is C29H33N3O3S. The number of ether oxygens (including phenoxy) is 1. The molecule has 6 rings (SSSR count). The maximum atomic E-state index is 13.7. The van der Waals surface area contributed by atoms with Gasteiger partial charge in [0.2, 0.25) is 10.0 Å². The Morgan fingerprint density at radius 1 is 1.14 bits per heavy atom. The molecule has 3 saturated heterocycles. The third kappa shape index (κ3) is 4.83. The van der Waals surface area contributed by atoms with Crippen LogP contribution in [0.25, 0.3) is 17.0 Å². The Balaban J connectivity index is 1.60. The van der Waals surface area contributed by atoms with Crippen LogP contribution < -0.4 is 9.46 Å². The Labute approximate surface area is 213 Å². The van der Waals surface area contributed by atoms with Gasteiger partial charge >= 0.3 is 0 Å². The first-order valence-corrected chi connectivity index (χ1v) is 13.9. The molecule has 36 heavy (non-hydrogen) atoms. The van der Waals surface area contributed by atoms with Crippen molar-refractivity contribution in [3.63, 3.8) is 0 Å². The Morgan fingerprint density at radius 2 is 1.94 bits per heavy atom. The summed E-state index contributed by atoms with van der Waals surface area (Å²) >= 11 is 0. The monoisotopic (exact) mass is 503 g/mol. The minimum Gasteiger partial charge on any atom is -0.497 e. The van der Waals surface area contributed by atoms with Crippen LogP contribution in [0.4, 0.5) is 0 Å². The smallest absolute Gasteiger partial charge is 0.241 e. The van der Waals surface area contributed by atoms with Gasteiger partial charge < -0.3 is 9.64 Å². The predicted octanol–water partition coefficient (Wildman–Crippen LogP) is 5.05. The fraction of sp³-hybridized carbons (Fsp3) is 0.345. The highest BCUT2D eigenvalue weighted by molar-refractivity contribution is 7.89. The number of rotatable bonds is 8. The van der Waals surface area contributed by atoms with E-state index in [1.54, 1.807) is 43.6 Å². The molecule has 4 heterocycles. The van der Waals surface area contributed by atoms with Crippen LogP contribution in [-0.2, 0) is 10.0 Å². The highest BCUT2D eigenvalue weighted by Gasteiger charge is 2.39. The molecule has 2 aromatic carbocycles. The number of hydrogen-bond donors (Lipinski definition) is 1. The molecule has 2 bridgehead atoms. The van der Waals surface area contributed by atoms with E-state index in [2.05, 4.69) is 33.8 Å². The molecule has 0 amide bonds. The molecule has 3 aliphatic rings. The van der Waals surface area contributed by atoms with Gasteiger partial charge in [0.25, 0.3) is 0 Å². The fourth-order valence-electron chi connectivity index (χ4n) is 5.84. The second kappa shape index (κ2) is 10.2. The van der Waals surface area contributed by atoms with Crippen molar-refractivity contribution in [2.45, 2.75) is 23.8 Å². The standard InChI is InChI=1S/C29H33N3O3S/c1-4-20-6-9-25(10-7-20)36(33,34)31-29(23-16-22-13-15-32(19-23)18-21(22)5-2)26-12-14-30-28-11-8-24(35-3)17-27(26)28/h4-12,14,17,21-23,29,31H,1-2,13,15-16,18-19H2,3H3/t21?,22?,23-,29-/m1/s1. The van der Waals surface area contributed by atoms with Gasteiger partial charge in [0, 0.05) is 24.7 Å². The Hall–Kier alpha value is -3.00. The summed E-state index contributed by atoms with van der Waals surface area (Å²) in [5, 5.41) is 0.901. The highest BCUT2D eigenvalue weighted by atomic mass is 32.2. The van der Waals surface area contributed by atoms with Gasteiger partial charge in [0.1, 0.15) is 5.75 Å². The number of pyridine rings is 1. The molecule has 3 aromatic rings. The number of nitrogens with one attached hydrogen (secondary N) is 1. The van der Waals surface area contributed by atoms with Gasteiger partial charge in [-0.05, 0) is 84.7 Å². The van der Waals surface area contributed by atoms with E-state index in [9.17, 15) is 8.42 Å². The van der Waals surface area contributed by atoms with E-state index in [0.717, 1.165) is 60.3 Å². The van der Waals surface area contributed by atoms with Crippen molar-refractivity contribution in [1.82, 2.24) is 14.6 Å². The first-order chi connectivity index (χ1) is 17.4. The Morgan fingerprint density at radius 3 is 2.67 bits per heavy atom. The average molecular weight is 504 g/mol. The summed E-state index contributed by atoms with van der Waals surface area (Å²) in [6.07, 6.45) is 7.59. The number of fused-ring (bicyclic) bond motifs is 5. The van der Waals surface area contributed by atoms with Crippen molar-refractivity contribution in [1.29, 1.82) is 0 Å². The zero-order valence-corrected chi connectivity index (χ0v) is 21.5. The number of piperidine rings is 1. The van der Waals surface area contributed by atoms with Crippen molar-refractivity contribution in [3.8, 4) is 5.75 Å². The molecule has 0 radical (unpaired) electrons. The van der Waals surface area contributed by atoms with Crippen LogP contribution in [0.2, 0.25) is 0 Å². The van der Waals surface area contributed by atoms with Crippen molar-refractivity contribution in [2.24, 2.45) is 17.8 Å². The van der Waals surface area contributed by atoms with Crippen LogP contribution in [0.5, 0.6) is 5.75 Å². The number of hydrogen-bond acceptors (Lipinski definition) is 5. The molecule has 3 unspecified atom stereocenters. The first kappa shape index (κ1) is 24.7. The van der Waals surface area contributed by atoms with E-state index < -0.39 is 16.1 Å². The molecule has 5 atom stereocenters. The van der Waals surface area contributed by atoms with Crippen molar-refractivity contribution in [3.05, 3.63) is 85.1 Å². The third-order valence-corrected chi connectivity index (χ3v) is 9.25. The Kier molecular flexibility index (Phi) is 6.97. The van der Waals surface area contributed by atoms with Crippen LogP contribution in [-0.4, -0.2) is 45.0 Å². The molecule has 188 valence electrons. The highest BCUT2D eigenvalue weighted by Crippen LogP contribution is 2.41. The molecule has 0 spiro atoms. The summed E-state index contributed by atoms with van der Waals surface area (Å²) in [6.45, 7) is 10.7. The summed E-state index contributed by atoms with van der Waals surface area (Å²) < 4.78 is 36.0. The molecule has 6 nitrogen and oxygen atoms in total. The van der Waals surface area contributed by atoms with Gasteiger partial charge in [-0.2, -0.15) is 0 Å². The topological polar surface area (TPSA) is 71.5 Å². The largest absolute Gasteiger partial charge is 0.497 e. The number of sulfonamides is 1. The van der Waals surface area contributed by atoms with E-state index in [4.69, 9.17) is 4.74 Å². The lowest BCUT2D eigenvalue weighted by atomic mass is 9.79. The van der Waals surface area contributed by atoms with Crippen molar-refractivity contribution < 1.29 is 13.2 Å². The van der Waals surface area contributed by atoms with E-state index >= 15 is 0 Å². The van der Waals surface area contributed by atoms with Gasteiger partial charge in [-0.25, -0.2) is 13.1 Å². The lowest BCUT2D eigenvalue weighted by Crippen LogP contribution is -2.39. The van der Waals surface area contributed by atoms with Gasteiger partial charge in [0.05, 0.1) is 23.6 Å². The number of benzene rings is 2. The summed E-state index contributed by atoms with van der Waals surface area (Å²) in [5.41, 5.74) is 2.61. The molecular weight excluding hydrogens is 470 g/mol. The van der Waals surface area contributed by atoms with Gasteiger partial charge in [-0.3, -0.25) is 4.98 Å². The summed E-state index contributed by atoms with van der Waals surface area (Å²) in [7, 11) is -2.15. The van der Waals surface area contributed by atoms with Gasteiger partial charge in [-0.1, -0.05) is 30.9 Å². The first-order valence-electron chi connectivity index (χ1n) is 12.4. The molecule has 0 saturated carbocycles. The minimum absolute atomic E-state index is 0.0986. The van der Waals surface area contributed by atoms with E-state index in [1.807, 2.05) is 24.3 Å². The number of nitrogens with zero attached hydrogens (tertiary/aromatic N) is 2. The lowest BCUT2D eigenvalue weighted by molar-refractivity contribution is 0.178. The Bertz CT molecular complexity index is 1370. The van der Waals surface area contributed by atoms with E-state index in [1.165, 1.54) is 0 Å². The quantitative estimate of drug-likeness (QED) is 0.436. The normalized spacial score (nSPS) is 24.7.